The lowest BCUT2D eigenvalue weighted by Gasteiger charge is -2.15. The van der Waals surface area contributed by atoms with Gasteiger partial charge in [0.1, 0.15) is 11.5 Å². The third-order valence-corrected chi connectivity index (χ3v) is 3.09. The quantitative estimate of drug-likeness (QED) is 0.502. The first-order valence-electron chi connectivity index (χ1n) is 6.50. The molecule has 21 heavy (non-hydrogen) atoms. The molecule has 0 aromatic heterocycles. The van der Waals surface area contributed by atoms with E-state index in [1.165, 1.54) is 18.2 Å². The van der Waals surface area contributed by atoms with E-state index in [9.17, 15) is 14.5 Å². The highest BCUT2D eigenvalue weighted by molar-refractivity contribution is 5.66. The summed E-state index contributed by atoms with van der Waals surface area (Å²) in [6.45, 7) is 1.97. The van der Waals surface area contributed by atoms with Gasteiger partial charge < -0.3 is 11.1 Å². The van der Waals surface area contributed by atoms with Gasteiger partial charge in [-0.2, -0.15) is 0 Å². The fourth-order valence-corrected chi connectivity index (χ4v) is 2.12. The molecule has 110 valence electrons. The van der Waals surface area contributed by atoms with Crippen LogP contribution in [0.4, 0.5) is 21.5 Å². The predicted octanol–water partition coefficient (Wildman–Crippen LogP) is 3.36. The number of benzene rings is 2. The van der Waals surface area contributed by atoms with Gasteiger partial charge in [-0.05, 0) is 43.2 Å². The van der Waals surface area contributed by atoms with Gasteiger partial charge in [0.25, 0.3) is 5.69 Å². The molecule has 5 nitrogen and oxygen atoms in total. The van der Waals surface area contributed by atoms with E-state index in [4.69, 9.17) is 5.73 Å². The van der Waals surface area contributed by atoms with Crippen LogP contribution in [0.15, 0.2) is 42.5 Å². The Kier molecular flexibility index (Phi) is 4.37. The summed E-state index contributed by atoms with van der Waals surface area (Å²) in [6, 6.07) is 10.9. The Hall–Kier alpha value is -2.63. The minimum Gasteiger partial charge on any atom is -0.393 e. The minimum absolute atomic E-state index is 0.0799. The summed E-state index contributed by atoms with van der Waals surface area (Å²) in [6.07, 6.45) is 0.706. The van der Waals surface area contributed by atoms with Gasteiger partial charge in [-0.3, -0.25) is 10.1 Å². The number of rotatable bonds is 5. The number of nitrogens with one attached hydrogen (secondary N) is 1. The van der Waals surface area contributed by atoms with Crippen LogP contribution in [0.2, 0.25) is 0 Å². The molecule has 2 aromatic carbocycles. The van der Waals surface area contributed by atoms with Crippen LogP contribution in [0.1, 0.15) is 12.5 Å². The number of hydrogen-bond donors (Lipinski definition) is 2. The van der Waals surface area contributed by atoms with E-state index in [1.807, 2.05) is 6.92 Å². The molecule has 0 saturated heterocycles. The molecule has 0 amide bonds. The normalized spacial score (nSPS) is 11.9. The Morgan fingerprint density at radius 3 is 2.52 bits per heavy atom. The van der Waals surface area contributed by atoms with Gasteiger partial charge in [0, 0.05) is 17.8 Å². The number of halogens is 1. The molecule has 0 aliphatic heterocycles. The zero-order chi connectivity index (χ0) is 15.4. The highest BCUT2D eigenvalue weighted by Crippen LogP contribution is 2.25. The van der Waals surface area contributed by atoms with E-state index in [0.717, 1.165) is 5.56 Å². The van der Waals surface area contributed by atoms with Crippen LogP contribution in [0.3, 0.4) is 0 Å². The molecule has 0 heterocycles. The molecule has 0 bridgehead atoms. The lowest BCUT2D eigenvalue weighted by molar-refractivity contribution is -0.383. The van der Waals surface area contributed by atoms with Crippen molar-refractivity contribution in [1.82, 2.24) is 0 Å². The molecular weight excluding hydrogens is 273 g/mol. The van der Waals surface area contributed by atoms with Gasteiger partial charge in [-0.15, -0.1) is 0 Å². The maximum Gasteiger partial charge on any atom is 0.292 e. The second-order valence-corrected chi connectivity index (χ2v) is 4.91. The molecule has 0 aliphatic rings. The average Bonchev–Trinajstić information content (AvgIpc) is 2.41. The SMILES string of the molecule is CC(Cc1ccc(F)cc1)Nc1ccc([N+](=O)[O-])c(N)c1. The molecule has 0 aliphatic carbocycles. The highest BCUT2D eigenvalue weighted by Gasteiger charge is 2.12. The van der Waals surface area contributed by atoms with E-state index < -0.39 is 4.92 Å². The molecule has 0 saturated carbocycles. The van der Waals surface area contributed by atoms with Crippen molar-refractivity contribution in [1.29, 1.82) is 0 Å². The maximum atomic E-state index is 12.8. The van der Waals surface area contributed by atoms with Crippen molar-refractivity contribution in [2.75, 3.05) is 11.1 Å². The fraction of sp³-hybridized carbons (Fsp3) is 0.200. The fourth-order valence-electron chi connectivity index (χ4n) is 2.12. The highest BCUT2D eigenvalue weighted by atomic mass is 19.1. The Bertz CT molecular complexity index is 644. The molecule has 2 rings (SSSR count). The van der Waals surface area contributed by atoms with Crippen LogP contribution in [-0.2, 0) is 6.42 Å². The molecule has 1 unspecified atom stereocenters. The van der Waals surface area contributed by atoms with Crippen molar-refractivity contribution in [3.8, 4) is 0 Å². The third kappa shape index (κ3) is 3.92. The molecular formula is C15H16FN3O2. The van der Waals surface area contributed by atoms with Gasteiger partial charge in [0.2, 0.25) is 0 Å². The summed E-state index contributed by atoms with van der Waals surface area (Å²) in [5, 5.41) is 13.9. The summed E-state index contributed by atoms with van der Waals surface area (Å²) in [5.74, 6) is -0.262. The van der Waals surface area contributed by atoms with Gasteiger partial charge >= 0.3 is 0 Å². The van der Waals surface area contributed by atoms with Crippen molar-refractivity contribution in [3.63, 3.8) is 0 Å². The van der Waals surface area contributed by atoms with E-state index in [-0.39, 0.29) is 23.2 Å². The molecule has 0 spiro atoms. The van der Waals surface area contributed by atoms with E-state index >= 15 is 0 Å². The number of anilines is 2. The Labute approximate surface area is 121 Å². The molecule has 6 heteroatoms. The third-order valence-electron chi connectivity index (χ3n) is 3.09. The topological polar surface area (TPSA) is 81.2 Å². The predicted molar refractivity (Wildman–Crippen MR) is 80.7 cm³/mol. The number of nitrogen functional groups attached to an aromatic ring is 1. The number of nitro groups is 1. The summed E-state index contributed by atoms with van der Waals surface area (Å²) in [5.41, 5.74) is 7.38. The first-order valence-corrected chi connectivity index (χ1v) is 6.50. The van der Waals surface area contributed by atoms with Crippen LogP contribution in [0, 0.1) is 15.9 Å². The Morgan fingerprint density at radius 1 is 1.29 bits per heavy atom. The van der Waals surface area contributed by atoms with Crippen LogP contribution in [0.5, 0.6) is 0 Å². The molecule has 3 N–H and O–H groups in total. The monoisotopic (exact) mass is 289 g/mol. The van der Waals surface area contributed by atoms with Gasteiger partial charge in [-0.25, -0.2) is 4.39 Å². The summed E-state index contributed by atoms with van der Waals surface area (Å²) >= 11 is 0. The summed E-state index contributed by atoms with van der Waals surface area (Å²) < 4.78 is 12.8. The summed E-state index contributed by atoms with van der Waals surface area (Å²) in [4.78, 5) is 10.2. The zero-order valence-corrected chi connectivity index (χ0v) is 11.5. The Morgan fingerprint density at radius 2 is 1.95 bits per heavy atom. The van der Waals surface area contributed by atoms with Crippen LogP contribution in [-0.4, -0.2) is 11.0 Å². The molecule has 1 atom stereocenters. The molecule has 0 radical (unpaired) electrons. The van der Waals surface area contributed by atoms with E-state index in [2.05, 4.69) is 5.32 Å². The summed E-state index contributed by atoms with van der Waals surface area (Å²) in [7, 11) is 0. The van der Waals surface area contributed by atoms with Crippen LogP contribution in [0.25, 0.3) is 0 Å². The van der Waals surface area contributed by atoms with Crippen molar-refractivity contribution in [2.45, 2.75) is 19.4 Å². The molecule has 0 fully saturated rings. The first-order chi connectivity index (χ1) is 9.95. The van der Waals surface area contributed by atoms with Crippen LogP contribution < -0.4 is 11.1 Å². The smallest absolute Gasteiger partial charge is 0.292 e. The average molecular weight is 289 g/mol. The van der Waals surface area contributed by atoms with E-state index in [0.29, 0.717) is 12.1 Å². The lowest BCUT2D eigenvalue weighted by atomic mass is 10.1. The van der Waals surface area contributed by atoms with Gasteiger partial charge in [0.15, 0.2) is 0 Å². The number of nitro benzene ring substituents is 1. The van der Waals surface area contributed by atoms with Crippen molar-refractivity contribution in [2.24, 2.45) is 0 Å². The van der Waals surface area contributed by atoms with Crippen molar-refractivity contribution < 1.29 is 9.31 Å². The second-order valence-electron chi connectivity index (χ2n) is 4.91. The van der Waals surface area contributed by atoms with Crippen molar-refractivity contribution in [3.05, 3.63) is 64.0 Å². The molecule has 2 aromatic rings. The largest absolute Gasteiger partial charge is 0.393 e. The number of hydrogen-bond acceptors (Lipinski definition) is 4. The number of nitrogens with zero attached hydrogens (tertiary/aromatic N) is 1. The van der Waals surface area contributed by atoms with Gasteiger partial charge in [-0.1, -0.05) is 12.1 Å². The first kappa shape index (κ1) is 14.8. The van der Waals surface area contributed by atoms with Gasteiger partial charge in [0.05, 0.1) is 4.92 Å². The minimum atomic E-state index is -0.513. The van der Waals surface area contributed by atoms with Crippen LogP contribution >= 0.6 is 0 Å². The van der Waals surface area contributed by atoms with E-state index in [1.54, 1.807) is 24.3 Å². The second kappa shape index (κ2) is 6.21. The maximum absolute atomic E-state index is 12.8. The van der Waals surface area contributed by atoms with Crippen molar-refractivity contribution >= 4 is 17.1 Å². The standard InChI is InChI=1S/C15H16FN3O2/c1-10(8-11-2-4-12(16)5-3-11)18-13-6-7-15(19(20)21)14(17)9-13/h2-7,9-10,18H,8,17H2,1H3. The Balaban J connectivity index is 2.02. The number of nitrogens with two attached hydrogens (primary N) is 1. The zero-order valence-electron chi connectivity index (χ0n) is 11.5. The lowest BCUT2D eigenvalue weighted by Crippen LogP contribution is -2.18.